The summed E-state index contributed by atoms with van der Waals surface area (Å²) in [6.07, 6.45) is 0.838. The van der Waals surface area contributed by atoms with Gasteiger partial charge in [-0.05, 0) is 19.3 Å². The maximum absolute atomic E-state index is 11.1. The van der Waals surface area contributed by atoms with Crippen molar-refractivity contribution in [2.75, 3.05) is 13.2 Å². The van der Waals surface area contributed by atoms with E-state index in [-0.39, 0.29) is 31.1 Å². The molecule has 0 radical (unpaired) electrons. The normalized spacial score (nSPS) is 15.1. The van der Waals surface area contributed by atoms with E-state index in [1.54, 1.807) is 0 Å². The van der Waals surface area contributed by atoms with Crippen LogP contribution in [0.25, 0.3) is 0 Å². The molecule has 0 saturated carbocycles. The molecule has 0 aromatic carbocycles. The SMILES string of the molecule is CC(CO)C(C)NC(=O)CCCO. The van der Waals surface area contributed by atoms with Gasteiger partial charge in [0.05, 0.1) is 0 Å². The zero-order valence-electron chi connectivity index (χ0n) is 8.29. The molecule has 0 saturated heterocycles. The molecule has 0 heterocycles. The van der Waals surface area contributed by atoms with Crippen molar-refractivity contribution in [1.82, 2.24) is 5.32 Å². The van der Waals surface area contributed by atoms with Crippen LogP contribution >= 0.6 is 0 Å². The molecule has 0 fully saturated rings. The monoisotopic (exact) mass is 189 g/mol. The predicted molar refractivity (Wildman–Crippen MR) is 50.2 cm³/mol. The third-order valence-electron chi connectivity index (χ3n) is 2.09. The van der Waals surface area contributed by atoms with E-state index in [9.17, 15) is 4.79 Å². The van der Waals surface area contributed by atoms with Gasteiger partial charge in [0, 0.05) is 25.7 Å². The summed E-state index contributed by atoms with van der Waals surface area (Å²) >= 11 is 0. The molecule has 2 unspecified atom stereocenters. The molecule has 0 aliphatic heterocycles. The fourth-order valence-electron chi connectivity index (χ4n) is 0.866. The van der Waals surface area contributed by atoms with Crippen LogP contribution in [0.1, 0.15) is 26.7 Å². The van der Waals surface area contributed by atoms with Crippen molar-refractivity contribution in [2.45, 2.75) is 32.7 Å². The van der Waals surface area contributed by atoms with Gasteiger partial charge in [-0.15, -0.1) is 0 Å². The Bertz CT molecular complexity index is 150. The quantitative estimate of drug-likeness (QED) is 0.546. The minimum atomic E-state index is -0.0677. The second-order valence-electron chi connectivity index (χ2n) is 3.34. The molecule has 0 spiro atoms. The number of hydrogen-bond acceptors (Lipinski definition) is 3. The molecule has 4 nitrogen and oxygen atoms in total. The van der Waals surface area contributed by atoms with Crippen molar-refractivity contribution in [3.8, 4) is 0 Å². The van der Waals surface area contributed by atoms with Crippen LogP contribution in [-0.2, 0) is 4.79 Å². The number of rotatable bonds is 6. The van der Waals surface area contributed by atoms with Crippen LogP contribution in [0.15, 0.2) is 0 Å². The van der Waals surface area contributed by atoms with Crippen LogP contribution in [0.3, 0.4) is 0 Å². The molecule has 0 aliphatic carbocycles. The van der Waals surface area contributed by atoms with Gasteiger partial charge in [-0.2, -0.15) is 0 Å². The molecule has 0 bridgehead atoms. The van der Waals surface area contributed by atoms with E-state index in [2.05, 4.69) is 5.32 Å². The highest BCUT2D eigenvalue weighted by atomic mass is 16.3. The lowest BCUT2D eigenvalue weighted by Crippen LogP contribution is -2.38. The van der Waals surface area contributed by atoms with Gasteiger partial charge in [-0.3, -0.25) is 4.79 Å². The van der Waals surface area contributed by atoms with Gasteiger partial charge in [-0.1, -0.05) is 6.92 Å². The van der Waals surface area contributed by atoms with Crippen molar-refractivity contribution in [3.05, 3.63) is 0 Å². The highest BCUT2D eigenvalue weighted by molar-refractivity contribution is 5.76. The van der Waals surface area contributed by atoms with Crippen LogP contribution in [-0.4, -0.2) is 35.4 Å². The van der Waals surface area contributed by atoms with Crippen molar-refractivity contribution in [1.29, 1.82) is 0 Å². The van der Waals surface area contributed by atoms with Gasteiger partial charge in [0.1, 0.15) is 0 Å². The molecule has 1 amide bonds. The minimum absolute atomic E-state index is 0.0174. The smallest absolute Gasteiger partial charge is 0.220 e. The molecule has 4 heteroatoms. The summed E-state index contributed by atoms with van der Waals surface area (Å²) in [5.41, 5.74) is 0. The molecular weight excluding hydrogens is 170 g/mol. The van der Waals surface area contributed by atoms with Crippen molar-refractivity contribution in [3.63, 3.8) is 0 Å². The summed E-state index contributed by atoms with van der Waals surface area (Å²) < 4.78 is 0. The lowest BCUT2D eigenvalue weighted by atomic mass is 10.1. The van der Waals surface area contributed by atoms with Gasteiger partial charge >= 0.3 is 0 Å². The maximum atomic E-state index is 11.1. The maximum Gasteiger partial charge on any atom is 0.220 e. The van der Waals surface area contributed by atoms with Crippen LogP contribution < -0.4 is 5.32 Å². The second kappa shape index (κ2) is 6.86. The summed E-state index contributed by atoms with van der Waals surface area (Å²) in [5, 5.41) is 20.0. The Labute approximate surface area is 79.0 Å². The molecule has 3 N–H and O–H groups in total. The summed E-state index contributed by atoms with van der Waals surface area (Å²) in [6, 6.07) is -0.0174. The summed E-state index contributed by atoms with van der Waals surface area (Å²) in [6.45, 7) is 3.84. The van der Waals surface area contributed by atoms with Gasteiger partial charge in [0.25, 0.3) is 0 Å². The predicted octanol–water partition coefficient (Wildman–Crippen LogP) is -0.108. The first-order valence-corrected chi connectivity index (χ1v) is 4.63. The van der Waals surface area contributed by atoms with Crippen molar-refractivity contribution < 1.29 is 15.0 Å². The Morgan fingerprint density at radius 1 is 1.38 bits per heavy atom. The Balaban J connectivity index is 3.64. The summed E-state index contributed by atoms with van der Waals surface area (Å²) in [5.74, 6) is -0.0000680. The number of aliphatic hydroxyl groups is 2. The van der Waals surface area contributed by atoms with E-state index < -0.39 is 0 Å². The third kappa shape index (κ3) is 5.60. The minimum Gasteiger partial charge on any atom is -0.396 e. The lowest BCUT2D eigenvalue weighted by Gasteiger charge is -2.18. The highest BCUT2D eigenvalue weighted by Crippen LogP contribution is 2.01. The van der Waals surface area contributed by atoms with Crippen LogP contribution in [0, 0.1) is 5.92 Å². The standard InChI is InChI=1S/C9H19NO3/c1-7(6-12)8(2)10-9(13)4-3-5-11/h7-8,11-12H,3-6H2,1-2H3,(H,10,13). The number of aliphatic hydroxyl groups excluding tert-OH is 2. The van der Waals surface area contributed by atoms with E-state index >= 15 is 0 Å². The number of carbonyl (C=O) groups is 1. The Hall–Kier alpha value is -0.610. The lowest BCUT2D eigenvalue weighted by molar-refractivity contribution is -0.122. The fourth-order valence-corrected chi connectivity index (χ4v) is 0.866. The number of nitrogens with one attached hydrogen (secondary N) is 1. The first kappa shape index (κ1) is 12.4. The van der Waals surface area contributed by atoms with E-state index in [0.717, 1.165) is 0 Å². The molecule has 2 atom stereocenters. The topological polar surface area (TPSA) is 69.6 Å². The second-order valence-corrected chi connectivity index (χ2v) is 3.34. The summed E-state index contributed by atoms with van der Waals surface area (Å²) in [7, 11) is 0. The van der Waals surface area contributed by atoms with Crippen LogP contribution in [0.2, 0.25) is 0 Å². The van der Waals surface area contributed by atoms with Crippen molar-refractivity contribution in [2.24, 2.45) is 5.92 Å². The van der Waals surface area contributed by atoms with E-state index in [4.69, 9.17) is 10.2 Å². The highest BCUT2D eigenvalue weighted by Gasteiger charge is 2.12. The molecule has 13 heavy (non-hydrogen) atoms. The third-order valence-corrected chi connectivity index (χ3v) is 2.09. The largest absolute Gasteiger partial charge is 0.396 e. The fraction of sp³-hybridized carbons (Fsp3) is 0.889. The molecule has 78 valence electrons. The average molecular weight is 189 g/mol. The number of carbonyl (C=O) groups excluding carboxylic acids is 1. The first-order valence-electron chi connectivity index (χ1n) is 4.63. The molecular formula is C9H19NO3. The van der Waals surface area contributed by atoms with Gasteiger partial charge in [0.15, 0.2) is 0 Å². The van der Waals surface area contributed by atoms with Crippen molar-refractivity contribution >= 4 is 5.91 Å². The van der Waals surface area contributed by atoms with Gasteiger partial charge < -0.3 is 15.5 Å². The molecule has 0 aromatic heterocycles. The Morgan fingerprint density at radius 2 is 2.00 bits per heavy atom. The van der Waals surface area contributed by atoms with Crippen LogP contribution in [0.5, 0.6) is 0 Å². The molecule has 0 aromatic rings. The Kier molecular flexibility index (Phi) is 6.54. The summed E-state index contributed by atoms with van der Waals surface area (Å²) in [4.78, 5) is 11.1. The van der Waals surface area contributed by atoms with E-state index in [1.165, 1.54) is 0 Å². The van der Waals surface area contributed by atoms with Gasteiger partial charge in [0.2, 0.25) is 5.91 Å². The molecule has 0 rings (SSSR count). The number of hydrogen-bond donors (Lipinski definition) is 3. The number of amides is 1. The first-order chi connectivity index (χ1) is 6.11. The van der Waals surface area contributed by atoms with Crippen LogP contribution in [0.4, 0.5) is 0 Å². The average Bonchev–Trinajstić information content (AvgIpc) is 2.13. The zero-order chi connectivity index (χ0) is 10.3. The van der Waals surface area contributed by atoms with Gasteiger partial charge in [-0.25, -0.2) is 0 Å². The van der Waals surface area contributed by atoms with E-state index in [1.807, 2.05) is 13.8 Å². The Morgan fingerprint density at radius 3 is 2.46 bits per heavy atom. The van der Waals surface area contributed by atoms with E-state index in [0.29, 0.717) is 12.8 Å². The molecule has 0 aliphatic rings. The zero-order valence-corrected chi connectivity index (χ0v) is 8.29.